The summed E-state index contributed by atoms with van der Waals surface area (Å²) in [6.07, 6.45) is -0.408. The van der Waals surface area contributed by atoms with Gasteiger partial charge in [-0.25, -0.2) is 9.59 Å². The summed E-state index contributed by atoms with van der Waals surface area (Å²) >= 11 is 0. The lowest BCUT2D eigenvalue weighted by Gasteiger charge is -2.34. The van der Waals surface area contributed by atoms with Crippen molar-refractivity contribution in [3.63, 3.8) is 0 Å². The number of benzene rings is 1. The minimum Gasteiger partial charge on any atom is -0.496 e. The minimum atomic E-state index is -1.27. The van der Waals surface area contributed by atoms with Crippen LogP contribution in [0.3, 0.4) is 0 Å². The molecule has 0 radical (unpaired) electrons. The number of imide groups is 1. The summed E-state index contributed by atoms with van der Waals surface area (Å²) in [6, 6.07) is 4.65. The van der Waals surface area contributed by atoms with E-state index in [1.165, 1.54) is 4.90 Å². The van der Waals surface area contributed by atoms with Gasteiger partial charge in [0.15, 0.2) is 0 Å². The summed E-state index contributed by atoms with van der Waals surface area (Å²) in [7, 11) is 1.56. The number of hydrogen-bond donors (Lipinski definition) is 1. The number of urea groups is 1. The first kappa shape index (κ1) is 22.4. The van der Waals surface area contributed by atoms with E-state index in [1.54, 1.807) is 44.1 Å². The molecule has 10 nitrogen and oxygen atoms in total. The molecule has 0 saturated carbocycles. The fourth-order valence-corrected chi connectivity index (χ4v) is 3.81. The summed E-state index contributed by atoms with van der Waals surface area (Å²) < 4.78 is 10.2. The van der Waals surface area contributed by atoms with Crippen molar-refractivity contribution >= 4 is 23.9 Å². The van der Waals surface area contributed by atoms with Crippen LogP contribution in [0.2, 0.25) is 0 Å². The Hall–Kier alpha value is -3.30. The maximum atomic E-state index is 13.1. The van der Waals surface area contributed by atoms with Gasteiger partial charge in [-0.05, 0) is 44.0 Å². The molecule has 1 unspecified atom stereocenters. The number of carbonyl (C=O) groups excluding carboxylic acids is 4. The maximum absolute atomic E-state index is 13.1. The molecule has 2 saturated heterocycles. The molecule has 5 amide bonds. The molecule has 10 heteroatoms. The first-order valence-corrected chi connectivity index (χ1v) is 10.2. The van der Waals surface area contributed by atoms with E-state index in [0.29, 0.717) is 37.5 Å². The van der Waals surface area contributed by atoms with Crippen molar-refractivity contribution in [3.8, 4) is 5.75 Å². The van der Waals surface area contributed by atoms with Crippen molar-refractivity contribution in [1.82, 2.24) is 20.0 Å². The average Bonchev–Trinajstić information content (AvgIpc) is 2.97. The van der Waals surface area contributed by atoms with Crippen LogP contribution in [0.25, 0.3) is 0 Å². The molecule has 2 heterocycles. The molecular weight excluding hydrogens is 404 g/mol. The number of nitrogens with one attached hydrogen (secondary N) is 1. The Morgan fingerprint density at radius 3 is 2.35 bits per heavy atom. The predicted octanol–water partition coefficient (Wildman–Crippen LogP) is 1.07. The van der Waals surface area contributed by atoms with Gasteiger partial charge in [-0.2, -0.15) is 0 Å². The number of aryl methyl sites for hydroxylation is 1. The molecule has 0 aliphatic carbocycles. The third kappa shape index (κ3) is 4.28. The molecule has 2 aliphatic rings. The number of rotatable bonds is 5. The van der Waals surface area contributed by atoms with Crippen molar-refractivity contribution in [2.75, 3.05) is 46.4 Å². The van der Waals surface area contributed by atoms with Gasteiger partial charge >= 0.3 is 12.1 Å². The molecule has 1 aromatic rings. The third-order valence-electron chi connectivity index (χ3n) is 5.70. The van der Waals surface area contributed by atoms with Gasteiger partial charge in [0.05, 0.1) is 13.7 Å². The number of piperazine rings is 1. The van der Waals surface area contributed by atoms with E-state index in [1.807, 2.05) is 6.92 Å². The fraction of sp³-hybridized carbons (Fsp3) is 0.524. The first-order chi connectivity index (χ1) is 14.7. The highest BCUT2D eigenvalue weighted by Crippen LogP contribution is 2.31. The molecule has 1 atom stereocenters. The second-order valence-electron chi connectivity index (χ2n) is 7.70. The van der Waals surface area contributed by atoms with Gasteiger partial charge in [0.2, 0.25) is 5.91 Å². The number of nitrogens with zero attached hydrogens (tertiary/aromatic N) is 3. The van der Waals surface area contributed by atoms with Crippen molar-refractivity contribution in [2.24, 2.45) is 0 Å². The van der Waals surface area contributed by atoms with Gasteiger partial charge in [0.25, 0.3) is 5.91 Å². The molecule has 1 aromatic carbocycles. The van der Waals surface area contributed by atoms with Crippen LogP contribution in [0, 0.1) is 6.92 Å². The Bertz CT molecular complexity index is 896. The van der Waals surface area contributed by atoms with Crippen molar-refractivity contribution in [1.29, 1.82) is 0 Å². The van der Waals surface area contributed by atoms with E-state index >= 15 is 0 Å². The molecule has 31 heavy (non-hydrogen) atoms. The molecule has 0 aromatic heterocycles. The van der Waals surface area contributed by atoms with E-state index < -0.39 is 23.6 Å². The normalized spacial score (nSPS) is 21.2. The SMILES string of the molecule is CCOC(=O)N1CCN(C(=O)CN2C(=O)NC(C)(c3ccc(OC)c(C)c3)C2=O)CC1. The zero-order chi connectivity index (χ0) is 22.8. The summed E-state index contributed by atoms with van der Waals surface area (Å²) in [5, 5.41) is 2.71. The predicted molar refractivity (Wildman–Crippen MR) is 111 cm³/mol. The molecule has 0 spiro atoms. The van der Waals surface area contributed by atoms with Crippen LogP contribution in [0.15, 0.2) is 18.2 Å². The Morgan fingerprint density at radius 1 is 1.13 bits per heavy atom. The van der Waals surface area contributed by atoms with Gasteiger partial charge in [-0.15, -0.1) is 0 Å². The van der Waals surface area contributed by atoms with Crippen LogP contribution >= 0.6 is 0 Å². The number of carbonyl (C=O) groups is 4. The van der Waals surface area contributed by atoms with E-state index in [4.69, 9.17) is 9.47 Å². The van der Waals surface area contributed by atoms with Gasteiger partial charge in [-0.3, -0.25) is 14.5 Å². The topological polar surface area (TPSA) is 108 Å². The van der Waals surface area contributed by atoms with Gasteiger partial charge in [0.1, 0.15) is 17.8 Å². The minimum absolute atomic E-state index is 0.288. The quantitative estimate of drug-likeness (QED) is 0.698. The molecule has 0 bridgehead atoms. The fourth-order valence-electron chi connectivity index (χ4n) is 3.81. The van der Waals surface area contributed by atoms with Gasteiger partial charge in [0, 0.05) is 26.2 Å². The lowest BCUT2D eigenvalue weighted by Crippen LogP contribution is -2.53. The first-order valence-electron chi connectivity index (χ1n) is 10.2. The third-order valence-corrected chi connectivity index (χ3v) is 5.70. The smallest absolute Gasteiger partial charge is 0.409 e. The number of ether oxygens (including phenoxy) is 2. The molecular formula is C21H28N4O6. The monoisotopic (exact) mass is 432 g/mol. The Labute approximate surface area is 181 Å². The number of hydrogen-bond acceptors (Lipinski definition) is 6. The van der Waals surface area contributed by atoms with E-state index in [0.717, 1.165) is 10.5 Å². The largest absolute Gasteiger partial charge is 0.496 e. The standard InChI is InChI=1S/C21H28N4O6/c1-5-31-20(29)24-10-8-23(9-11-24)17(26)13-25-18(27)21(3,22-19(25)28)15-6-7-16(30-4)14(2)12-15/h6-7,12H,5,8-11,13H2,1-4H3,(H,22,28). The summed E-state index contributed by atoms with van der Waals surface area (Å²) in [5.41, 5.74) is 0.177. The maximum Gasteiger partial charge on any atom is 0.409 e. The zero-order valence-electron chi connectivity index (χ0n) is 18.3. The number of amides is 5. The van der Waals surface area contributed by atoms with Crippen LogP contribution in [-0.2, 0) is 19.9 Å². The Kier molecular flexibility index (Phi) is 6.37. The molecule has 168 valence electrons. The Morgan fingerprint density at radius 2 is 1.77 bits per heavy atom. The van der Waals surface area contributed by atoms with Crippen molar-refractivity contribution in [3.05, 3.63) is 29.3 Å². The van der Waals surface area contributed by atoms with Crippen LogP contribution in [0.4, 0.5) is 9.59 Å². The molecule has 3 rings (SSSR count). The molecule has 2 fully saturated rings. The van der Waals surface area contributed by atoms with E-state index in [9.17, 15) is 19.2 Å². The van der Waals surface area contributed by atoms with Crippen LogP contribution < -0.4 is 10.1 Å². The lowest BCUT2D eigenvalue weighted by molar-refractivity contribution is -0.139. The van der Waals surface area contributed by atoms with Crippen LogP contribution in [-0.4, -0.2) is 85.1 Å². The van der Waals surface area contributed by atoms with E-state index in [2.05, 4.69) is 5.32 Å². The van der Waals surface area contributed by atoms with Crippen molar-refractivity contribution in [2.45, 2.75) is 26.3 Å². The highest BCUT2D eigenvalue weighted by Gasteiger charge is 2.50. The second-order valence-corrected chi connectivity index (χ2v) is 7.70. The van der Waals surface area contributed by atoms with Gasteiger partial charge < -0.3 is 24.6 Å². The van der Waals surface area contributed by atoms with Crippen molar-refractivity contribution < 1.29 is 28.7 Å². The molecule has 1 N–H and O–H groups in total. The van der Waals surface area contributed by atoms with E-state index in [-0.39, 0.29) is 19.1 Å². The summed E-state index contributed by atoms with van der Waals surface area (Å²) in [6.45, 7) is 6.46. The molecule has 2 aliphatic heterocycles. The highest BCUT2D eigenvalue weighted by atomic mass is 16.6. The number of methoxy groups -OCH3 is 1. The lowest BCUT2D eigenvalue weighted by atomic mass is 9.90. The second kappa shape index (κ2) is 8.83. The van der Waals surface area contributed by atoms with Gasteiger partial charge in [-0.1, -0.05) is 6.07 Å². The van der Waals surface area contributed by atoms with Crippen LogP contribution in [0.1, 0.15) is 25.0 Å². The summed E-state index contributed by atoms with van der Waals surface area (Å²) in [4.78, 5) is 54.2. The van der Waals surface area contributed by atoms with Crippen LogP contribution in [0.5, 0.6) is 5.75 Å². The average molecular weight is 432 g/mol. The zero-order valence-corrected chi connectivity index (χ0v) is 18.3. The summed E-state index contributed by atoms with van der Waals surface area (Å²) in [5.74, 6) is -0.152. The Balaban J connectivity index is 1.66. The highest BCUT2D eigenvalue weighted by molar-refractivity contribution is 6.09.